The van der Waals surface area contributed by atoms with Gasteiger partial charge < -0.3 is 14.0 Å². The van der Waals surface area contributed by atoms with E-state index in [0.717, 1.165) is 109 Å². The minimum atomic E-state index is -2.05. The van der Waals surface area contributed by atoms with Crippen LogP contribution in [0.15, 0.2) is 121 Å². The van der Waals surface area contributed by atoms with E-state index in [1.54, 1.807) is 42.7 Å². The van der Waals surface area contributed by atoms with E-state index in [1.165, 1.54) is 35.4 Å². The summed E-state index contributed by atoms with van der Waals surface area (Å²) in [5, 5.41) is 20.8. The molecule has 0 saturated heterocycles. The van der Waals surface area contributed by atoms with E-state index >= 15 is 0 Å². The topological polar surface area (TPSA) is 117 Å². The Morgan fingerprint density at radius 3 is 1.53 bits per heavy atom. The molecule has 10 nitrogen and oxygen atoms in total. The molecule has 0 unspecified atom stereocenters. The SMILES string of the molecule is CC[Si](CC)(CC)O[C@@]1(CC(=O)c2ccccn2)CCC2=Cc3c(cnn3-c3ccc(F)cc3)C[C@@]21C.CC[Si](CC)(CC)O[C@@]1(C[C@H](O)c2ccccn2)CCC2=Cc3c(cnn3-c3ccc(F)cc3)C[C@@]21C. The predicted molar refractivity (Wildman–Crippen MR) is 294 cm³/mol. The Labute approximate surface area is 438 Å². The van der Waals surface area contributed by atoms with Gasteiger partial charge in [0, 0.05) is 36.1 Å². The standard InChI is InChI=1S/C30H38FN3O2Si.C30H36FN3O2Si/c2*1-5-37(6-2,7-3)36-30(20-28(35)26-10-8-9-17-32-26)16-15-23-18-27-22(19-29(23,30)4)21-33-34(27)25-13-11-24(31)12-14-25/h8-14,17-18,21,28,35H,5-7,15-16,19-20H2,1-4H3;8-14,17-18,21H,5-7,15-16,19-20H2,1-4H3/t28-,29-,30+;29-,30+/m00/s1. The number of fused-ring (bicyclic) bond motifs is 4. The number of hydrogen-bond acceptors (Lipinski definition) is 8. The molecule has 2 aromatic carbocycles. The fraction of sp³-hybridized carbons (Fsp3) is 0.450. The largest absolute Gasteiger partial charge is 0.410 e. The van der Waals surface area contributed by atoms with Gasteiger partial charge in [-0.2, -0.15) is 10.2 Å². The molecule has 4 aliphatic rings. The average molecular weight is 1040 g/mol. The molecule has 0 aliphatic heterocycles. The predicted octanol–water partition coefficient (Wildman–Crippen LogP) is 14.2. The lowest BCUT2D eigenvalue weighted by molar-refractivity contribution is -0.0622. The monoisotopic (exact) mass is 1040 g/mol. The van der Waals surface area contributed by atoms with Gasteiger partial charge in [0.05, 0.1) is 58.2 Å². The summed E-state index contributed by atoms with van der Waals surface area (Å²) in [4.78, 5) is 22.5. The van der Waals surface area contributed by atoms with Gasteiger partial charge in [-0.1, -0.05) is 78.7 Å². The zero-order valence-corrected chi connectivity index (χ0v) is 46.6. The third-order valence-corrected chi connectivity index (χ3v) is 27.7. The van der Waals surface area contributed by atoms with Crippen molar-refractivity contribution in [2.45, 2.75) is 160 Å². The van der Waals surface area contributed by atoms with Crippen molar-refractivity contribution in [1.29, 1.82) is 0 Å². The molecule has 14 heteroatoms. The minimum absolute atomic E-state index is 0.0436. The van der Waals surface area contributed by atoms with Gasteiger partial charge in [-0.25, -0.2) is 18.1 Å². The molecule has 0 radical (unpaired) electrons. The Bertz CT molecular complexity index is 2980. The fourth-order valence-corrected chi connectivity index (χ4v) is 19.4. The third-order valence-electron chi connectivity index (χ3n) is 18.3. The number of pyridine rings is 2. The van der Waals surface area contributed by atoms with Crippen LogP contribution in [0.3, 0.4) is 0 Å². The molecule has 5 atom stereocenters. The van der Waals surface area contributed by atoms with Crippen molar-refractivity contribution < 1.29 is 27.5 Å². The van der Waals surface area contributed by atoms with Crippen LogP contribution in [0.4, 0.5) is 8.78 Å². The first-order chi connectivity index (χ1) is 35.6. The van der Waals surface area contributed by atoms with E-state index in [2.05, 4.69) is 82.6 Å². The highest BCUT2D eigenvalue weighted by molar-refractivity contribution is 6.74. The summed E-state index contributed by atoms with van der Waals surface area (Å²) in [5.41, 5.74) is 8.29. The zero-order chi connectivity index (χ0) is 52.5. The molecular formula is C60H74F2N6O4Si2. The van der Waals surface area contributed by atoms with Crippen molar-refractivity contribution in [3.63, 3.8) is 0 Å². The summed E-state index contributed by atoms with van der Waals surface area (Å²) in [6, 6.07) is 30.4. The van der Waals surface area contributed by atoms with Crippen molar-refractivity contribution in [2.24, 2.45) is 10.8 Å². The lowest BCUT2D eigenvalue weighted by atomic mass is 9.65. The molecule has 6 aromatic rings. The van der Waals surface area contributed by atoms with Gasteiger partial charge in [0.15, 0.2) is 22.4 Å². The summed E-state index contributed by atoms with van der Waals surface area (Å²) < 4.78 is 45.8. The lowest BCUT2D eigenvalue weighted by Crippen LogP contribution is -2.55. The molecule has 0 spiro atoms. The van der Waals surface area contributed by atoms with E-state index in [-0.39, 0.29) is 28.2 Å². The molecule has 4 aromatic heterocycles. The molecule has 1 N–H and O–H groups in total. The summed E-state index contributed by atoms with van der Waals surface area (Å²) in [7, 11) is -4.05. The van der Waals surface area contributed by atoms with Gasteiger partial charge in [-0.05, 0) is 171 Å². The van der Waals surface area contributed by atoms with E-state index in [4.69, 9.17) is 14.0 Å². The molecule has 74 heavy (non-hydrogen) atoms. The number of aromatic nitrogens is 6. The van der Waals surface area contributed by atoms with Crippen molar-refractivity contribution in [2.75, 3.05) is 0 Å². The van der Waals surface area contributed by atoms with Crippen molar-refractivity contribution >= 4 is 34.6 Å². The first-order valence-corrected chi connectivity index (χ1v) is 32.1. The number of carbonyl (C=O) groups is 1. The lowest BCUT2D eigenvalue weighted by Gasteiger charge is -2.51. The maximum Gasteiger partial charge on any atom is 0.192 e. The van der Waals surface area contributed by atoms with Crippen molar-refractivity contribution in [3.8, 4) is 11.4 Å². The number of Topliss-reactive ketones (excluding diaryl/α,β-unsaturated/α-hetero) is 1. The highest BCUT2D eigenvalue weighted by atomic mass is 28.4. The number of aliphatic hydroxyl groups excluding tert-OH is 1. The van der Waals surface area contributed by atoms with Crippen LogP contribution in [0.2, 0.25) is 36.3 Å². The summed E-state index contributed by atoms with van der Waals surface area (Å²) >= 11 is 0. The normalized spacial score (nSPS) is 23.4. The molecule has 2 saturated carbocycles. The molecule has 0 amide bonds. The van der Waals surface area contributed by atoms with Crippen LogP contribution < -0.4 is 0 Å². The summed E-state index contributed by atoms with van der Waals surface area (Å²) in [6.45, 7) is 18.1. The number of ketones is 1. The molecule has 2 fully saturated rings. The number of carbonyl (C=O) groups excluding carboxylic acids is 1. The maximum absolute atomic E-state index is 13.6. The molecule has 4 aliphatic carbocycles. The van der Waals surface area contributed by atoms with Crippen LogP contribution >= 0.6 is 0 Å². The van der Waals surface area contributed by atoms with E-state index in [0.29, 0.717) is 24.2 Å². The van der Waals surface area contributed by atoms with Crippen molar-refractivity contribution in [3.05, 3.63) is 166 Å². The number of aliphatic hydroxyl groups is 1. The third kappa shape index (κ3) is 9.58. The van der Waals surface area contributed by atoms with E-state index in [1.807, 2.05) is 52.1 Å². The molecule has 4 heterocycles. The summed E-state index contributed by atoms with van der Waals surface area (Å²) in [5.74, 6) is -0.473. The van der Waals surface area contributed by atoms with Crippen LogP contribution in [-0.4, -0.2) is 68.3 Å². The quantitative estimate of drug-likeness (QED) is 0.0668. The number of hydrogen-bond donors (Lipinski definition) is 1. The first kappa shape index (κ1) is 53.3. The van der Waals surface area contributed by atoms with Crippen LogP contribution in [-0.2, 0) is 21.7 Å². The van der Waals surface area contributed by atoms with Gasteiger partial charge in [-0.3, -0.25) is 14.8 Å². The van der Waals surface area contributed by atoms with Gasteiger partial charge >= 0.3 is 0 Å². The highest BCUT2D eigenvalue weighted by Gasteiger charge is 2.61. The average Bonchev–Trinajstić information content (AvgIpc) is 4.17. The summed E-state index contributed by atoms with van der Waals surface area (Å²) in [6.07, 6.45) is 17.0. The number of halogens is 2. The van der Waals surface area contributed by atoms with Crippen LogP contribution in [0.5, 0.6) is 0 Å². The maximum atomic E-state index is 13.6. The Morgan fingerprint density at radius 2 is 1.08 bits per heavy atom. The second-order valence-electron chi connectivity index (χ2n) is 21.7. The molecule has 390 valence electrons. The number of nitrogens with zero attached hydrogens (tertiary/aromatic N) is 6. The minimum Gasteiger partial charge on any atom is -0.410 e. The number of rotatable bonds is 18. The highest BCUT2D eigenvalue weighted by Crippen LogP contribution is 2.62. The fourth-order valence-electron chi connectivity index (χ4n) is 13.1. The van der Waals surface area contributed by atoms with E-state index < -0.39 is 33.9 Å². The molecule has 10 rings (SSSR count). The Morgan fingerprint density at radius 1 is 0.635 bits per heavy atom. The Kier molecular flexibility index (Phi) is 15.3. The molecule has 0 bridgehead atoms. The first-order valence-electron chi connectivity index (χ1n) is 27.1. The Balaban J connectivity index is 0.000000182. The van der Waals surface area contributed by atoms with Gasteiger partial charge in [-0.15, -0.1) is 0 Å². The van der Waals surface area contributed by atoms with Crippen molar-refractivity contribution in [1.82, 2.24) is 29.5 Å². The Hall–Kier alpha value is -5.52. The second kappa shape index (κ2) is 21.2. The molecular weight excluding hydrogens is 963 g/mol. The van der Waals surface area contributed by atoms with E-state index in [9.17, 15) is 18.7 Å². The van der Waals surface area contributed by atoms with Gasteiger partial charge in [0.2, 0.25) is 0 Å². The second-order valence-corrected chi connectivity index (χ2v) is 31.1. The van der Waals surface area contributed by atoms with Crippen LogP contribution in [0, 0.1) is 22.5 Å². The smallest absolute Gasteiger partial charge is 0.192 e. The zero-order valence-electron chi connectivity index (χ0n) is 44.6. The van der Waals surface area contributed by atoms with Crippen LogP contribution in [0.1, 0.15) is 139 Å². The van der Waals surface area contributed by atoms with Gasteiger partial charge in [0.1, 0.15) is 17.3 Å². The van der Waals surface area contributed by atoms with Gasteiger partial charge in [0.25, 0.3) is 0 Å². The van der Waals surface area contributed by atoms with Crippen LogP contribution in [0.25, 0.3) is 23.5 Å². The number of benzene rings is 2.